The molecule has 1 rings (SSSR count). The van der Waals surface area contributed by atoms with Crippen LogP contribution in [0.2, 0.25) is 0 Å². The predicted molar refractivity (Wildman–Crippen MR) is 53.1 cm³/mol. The number of hydrogen-bond donors (Lipinski definition) is 1. The summed E-state index contributed by atoms with van der Waals surface area (Å²) in [6, 6.07) is 0. The highest BCUT2D eigenvalue weighted by molar-refractivity contribution is 5.78. The van der Waals surface area contributed by atoms with E-state index in [4.69, 9.17) is 5.73 Å². The summed E-state index contributed by atoms with van der Waals surface area (Å²) in [4.78, 5) is 13.1. The Kier molecular flexibility index (Phi) is 4.22. The van der Waals surface area contributed by atoms with Crippen molar-refractivity contribution in [3.05, 3.63) is 0 Å². The van der Waals surface area contributed by atoms with Crippen LogP contribution in [0.25, 0.3) is 0 Å². The minimum Gasteiger partial charge on any atom is -0.327 e. The average Bonchev–Trinajstić information content (AvgIpc) is 2.52. The van der Waals surface area contributed by atoms with Crippen LogP contribution in [0.4, 0.5) is 0 Å². The van der Waals surface area contributed by atoms with Gasteiger partial charge in [0.05, 0.1) is 6.17 Å². The smallest absolute Gasteiger partial charge is 0.223 e. The molecule has 0 aromatic carbocycles. The molecule has 3 nitrogen and oxygen atoms in total. The summed E-state index contributed by atoms with van der Waals surface area (Å²) in [6.45, 7) is 3.04. The molecule has 0 spiro atoms. The van der Waals surface area contributed by atoms with E-state index in [9.17, 15) is 4.79 Å². The van der Waals surface area contributed by atoms with Crippen molar-refractivity contribution in [2.75, 3.05) is 6.54 Å². The summed E-state index contributed by atoms with van der Waals surface area (Å²) in [5.74, 6) is 0.240. The lowest BCUT2D eigenvalue weighted by Gasteiger charge is -2.23. The molecule has 2 N–H and O–H groups in total. The van der Waals surface area contributed by atoms with Crippen LogP contribution in [0.5, 0.6) is 0 Å². The number of carbonyl (C=O) groups is 1. The number of hydrogen-bond acceptors (Lipinski definition) is 2. The lowest BCUT2D eigenvalue weighted by Crippen LogP contribution is -2.42. The van der Waals surface area contributed by atoms with Gasteiger partial charge in [0.1, 0.15) is 0 Å². The Morgan fingerprint density at radius 3 is 2.85 bits per heavy atom. The first-order valence-electron chi connectivity index (χ1n) is 5.30. The molecule has 0 aromatic heterocycles. The fourth-order valence-electron chi connectivity index (χ4n) is 1.78. The summed E-state index contributed by atoms with van der Waals surface area (Å²) in [6.07, 6.45) is 6.18. The fourth-order valence-corrected chi connectivity index (χ4v) is 1.78. The predicted octanol–water partition coefficient (Wildman–Crippen LogP) is 1.47. The molecule has 1 amide bonds. The van der Waals surface area contributed by atoms with Gasteiger partial charge in [0, 0.05) is 13.0 Å². The van der Waals surface area contributed by atoms with Gasteiger partial charge in [0.15, 0.2) is 0 Å². The Labute approximate surface area is 80.3 Å². The zero-order chi connectivity index (χ0) is 9.68. The van der Waals surface area contributed by atoms with E-state index in [1.165, 1.54) is 12.8 Å². The molecular formula is C10H20N2O. The van der Waals surface area contributed by atoms with Crippen LogP contribution in [0, 0.1) is 0 Å². The number of carbonyl (C=O) groups excluding carboxylic acids is 1. The highest BCUT2D eigenvalue weighted by atomic mass is 16.2. The summed E-state index contributed by atoms with van der Waals surface area (Å²) >= 11 is 0. The number of amides is 1. The van der Waals surface area contributed by atoms with Gasteiger partial charge in [-0.1, -0.05) is 26.2 Å². The summed E-state index contributed by atoms with van der Waals surface area (Å²) in [5, 5.41) is 0. The van der Waals surface area contributed by atoms with E-state index in [1.807, 2.05) is 4.90 Å². The number of rotatable bonds is 5. The maximum Gasteiger partial charge on any atom is 0.223 e. The average molecular weight is 184 g/mol. The summed E-state index contributed by atoms with van der Waals surface area (Å²) in [7, 11) is 0. The fraction of sp³-hybridized carbons (Fsp3) is 0.900. The maximum atomic E-state index is 11.3. The van der Waals surface area contributed by atoms with E-state index in [0.29, 0.717) is 6.42 Å². The zero-order valence-corrected chi connectivity index (χ0v) is 8.46. The monoisotopic (exact) mass is 184 g/mol. The molecule has 0 aliphatic carbocycles. The molecule has 1 fully saturated rings. The van der Waals surface area contributed by atoms with Crippen molar-refractivity contribution in [1.82, 2.24) is 4.90 Å². The van der Waals surface area contributed by atoms with Gasteiger partial charge in [-0.05, 0) is 12.8 Å². The van der Waals surface area contributed by atoms with Gasteiger partial charge < -0.3 is 10.6 Å². The van der Waals surface area contributed by atoms with Crippen LogP contribution >= 0.6 is 0 Å². The Morgan fingerprint density at radius 1 is 1.54 bits per heavy atom. The molecular weight excluding hydrogens is 164 g/mol. The van der Waals surface area contributed by atoms with Crippen molar-refractivity contribution in [3.63, 3.8) is 0 Å². The van der Waals surface area contributed by atoms with Gasteiger partial charge in [-0.25, -0.2) is 0 Å². The first kappa shape index (κ1) is 10.5. The second-order valence-electron chi connectivity index (χ2n) is 3.75. The molecule has 0 bridgehead atoms. The van der Waals surface area contributed by atoms with E-state index in [0.717, 1.165) is 25.8 Å². The Bertz CT molecular complexity index is 170. The van der Waals surface area contributed by atoms with E-state index < -0.39 is 0 Å². The van der Waals surface area contributed by atoms with Crippen molar-refractivity contribution < 1.29 is 4.79 Å². The molecule has 0 radical (unpaired) electrons. The molecule has 0 aromatic rings. The van der Waals surface area contributed by atoms with Crippen molar-refractivity contribution >= 4 is 5.91 Å². The lowest BCUT2D eigenvalue weighted by atomic mass is 10.1. The molecule has 1 heterocycles. The molecule has 1 atom stereocenters. The highest BCUT2D eigenvalue weighted by Crippen LogP contribution is 2.14. The second kappa shape index (κ2) is 5.22. The quantitative estimate of drug-likeness (QED) is 0.658. The molecule has 1 saturated heterocycles. The van der Waals surface area contributed by atoms with Crippen LogP contribution in [0.15, 0.2) is 0 Å². The van der Waals surface area contributed by atoms with E-state index in [1.54, 1.807) is 0 Å². The van der Waals surface area contributed by atoms with Crippen LogP contribution in [0.3, 0.4) is 0 Å². The zero-order valence-electron chi connectivity index (χ0n) is 8.46. The number of unbranched alkanes of at least 4 members (excludes halogenated alkanes) is 2. The lowest BCUT2D eigenvalue weighted by molar-refractivity contribution is -0.129. The Hall–Kier alpha value is -0.570. The molecule has 3 heteroatoms. The van der Waals surface area contributed by atoms with Crippen molar-refractivity contribution in [2.45, 2.75) is 51.6 Å². The van der Waals surface area contributed by atoms with Crippen LogP contribution in [-0.2, 0) is 4.79 Å². The Morgan fingerprint density at radius 2 is 2.31 bits per heavy atom. The van der Waals surface area contributed by atoms with Gasteiger partial charge >= 0.3 is 0 Å². The van der Waals surface area contributed by atoms with Gasteiger partial charge in [-0.2, -0.15) is 0 Å². The van der Waals surface area contributed by atoms with Gasteiger partial charge in [0.2, 0.25) is 5.91 Å². The van der Waals surface area contributed by atoms with Crippen molar-refractivity contribution in [3.8, 4) is 0 Å². The van der Waals surface area contributed by atoms with Crippen LogP contribution in [0.1, 0.15) is 45.4 Å². The van der Waals surface area contributed by atoms with Crippen LogP contribution < -0.4 is 5.73 Å². The third kappa shape index (κ3) is 2.99. The van der Waals surface area contributed by atoms with Crippen molar-refractivity contribution in [1.29, 1.82) is 0 Å². The third-order valence-electron chi connectivity index (χ3n) is 2.61. The van der Waals surface area contributed by atoms with E-state index in [-0.39, 0.29) is 12.1 Å². The minimum atomic E-state index is -0.0263. The summed E-state index contributed by atoms with van der Waals surface area (Å²) < 4.78 is 0. The van der Waals surface area contributed by atoms with Gasteiger partial charge in [-0.15, -0.1) is 0 Å². The normalized spacial score (nSPS) is 19.5. The van der Waals surface area contributed by atoms with E-state index in [2.05, 4.69) is 6.92 Å². The van der Waals surface area contributed by atoms with E-state index >= 15 is 0 Å². The highest BCUT2D eigenvalue weighted by Gasteiger charge is 2.24. The number of nitrogens with zero attached hydrogens (tertiary/aromatic N) is 1. The molecule has 1 unspecified atom stereocenters. The SMILES string of the molecule is CCCCCC(N)N1CCCC1=O. The second-order valence-corrected chi connectivity index (χ2v) is 3.75. The summed E-state index contributed by atoms with van der Waals surface area (Å²) in [5.41, 5.74) is 5.92. The molecule has 1 aliphatic rings. The first-order valence-corrected chi connectivity index (χ1v) is 5.30. The largest absolute Gasteiger partial charge is 0.327 e. The standard InChI is InChI=1S/C10H20N2O/c1-2-3-4-6-9(11)12-8-5-7-10(12)13/h9H,2-8,11H2,1H3. The van der Waals surface area contributed by atoms with Gasteiger partial charge in [0.25, 0.3) is 0 Å². The number of nitrogens with two attached hydrogens (primary N) is 1. The molecule has 1 aliphatic heterocycles. The number of likely N-dealkylation sites (tertiary alicyclic amines) is 1. The molecule has 76 valence electrons. The molecule has 13 heavy (non-hydrogen) atoms. The Balaban J connectivity index is 2.22. The maximum absolute atomic E-state index is 11.3. The minimum absolute atomic E-state index is 0.0263. The first-order chi connectivity index (χ1) is 6.25. The molecule has 0 saturated carbocycles. The topological polar surface area (TPSA) is 46.3 Å². The van der Waals surface area contributed by atoms with Crippen LogP contribution in [-0.4, -0.2) is 23.5 Å². The third-order valence-corrected chi connectivity index (χ3v) is 2.61. The van der Waals surface area contributed by atoms with Crippen molar-refractivity contribution in [2.24, 2.45) is 5.73 Å². The van der Waals surface area contributed by atoms with Gasteiger partial charge in [-0.3, -0.25) is 4.79 Å².